The zero-order valence-corrected chi connectivity index (χ0v) is 19.8. The fourth-order valence-corrected chi connectivity index (χ4v) is 5.55. The molecular weight excluding hydrogens is 442 g/mol. The predicted octanol–water partition coefficient (Wildman–Crippen LogP) is 3.57. The highest BCUT2D eigenvalue weighted by atomic mass is 32.2. The van der Waals surface area contributed by atoms with Crippen molar-refractivity contribution in [3.05, 3.63) is 48.0 Å². The lowest BCUT2D eigenvalue weighted by molar-refractivity contribution is -0.123. The molecule has 0 aliphatic carbocycles. The number of nitrogens with zero attached hydrogens (tertiary/aromatic N) is 1. The Hall–Kier alpha value is -2.91. The number of fused-ring (bicyclic) bond motifs is 1. The van der Waals surface area contributed by atoms with Crippen LogP contribution in [0.3, 0.4) is 0 Å². The Morgan fingerprint density at radius 3 is 2.42 bits per heavy atom. The number of rotatable bonds is 5. The molecule has 1 fully saturated rings. The van der Waals surface area contributed by atoms with E-state index >= 15 is 0 Å². The van der Waals surface area contributed by atoms with Gasteiger partial charge in [-0.3, -0.25) is 9.59 Å². The summed E-state index contributed by atoms with van der Waals surface area (Å²) in [6.45, 7) is 6.37. The minimum atomic E-state index is -3.75. The quantitative estimate of drug-likeness (QED) is 0.694. The van der Waals surface area contributed by atoms with Gasteiger partial charge in [0.05, 0.1) is 10.6 Å². The molecular formula is C24H29N3O5S. The Bertz CT molecular complexity index is 1150. The Labute approximate surface area is 194 Å². The van der Waals surface area contributed by atoms with E-state index in [9.17, 15) is 18.0 Å². The summed E-state index contributed by atoms with van der Waals surface area (Å²) in [5.74, 6) is 0.204. The molecule has 0 saturated carbocycles. The minimum Gasteiger partial charge on any atom is -0.479 e. The maximum absolute atomic E-state index is 13.1. The largest absolute Gasteiger partial charge is 0.479 e. The molecule has 0 radical (unpaired) electrons. The first-order valence-corrected chi connectivity index (χ1v) is 12.6. The number of carbonyl (C=O) groups excluding carboxylic acids is 2. The monoisotopic (exact) mass is 471 g/mol. The summed E-state index contributed by atoms with van der Waals surface area (Å²) in [6.07, 6.45) is 0.257. The highest BCUT2D eigenvalue weighted by Crippen LogP contribution is 2.33. The van der Waals surface area contributed by atoms with Crippen LogP contribution < -0.4 is 15.4 Å². The van der Waals surface area contributed by atoms with E-state index in [1.54, 1.807) is 13.0 Å². The summed E-state index contributed by atoms with van der Waals surface area (Å²) in [6, 6.07) is 12.3. The number of hydrogen-bond donors (Lipinski definition) is 2. The van der Waals surface area contributed by atoms with Gasteiger partial charge >= 0.3 is 0 Å². The van der Waals surface area contributed by atoms with E-state index in [0.29, 0.717) is 30.2 Å². The second kappa shape index (κ2) is 9.15. The highest BCUT2D eigenvalue weighted by molar-refractivity contribution is 7.89. The topological polar surface area (TPSA) is 105 Å². The SMILES string of the molecule is CC(C)c1ccc(NC(=O)C2CCN(S(=O)(=O)c3ccc4c(c3)NC(=O)[C@@H](C)O4)CC2)cc1. The third kappa shape index (κ3) is 4.89. The molecule has 2 heterocycles. The lowest BCUT2D eigenvalue weighted by atomic mass is 9.97. The van der Waals surface area contributed by atoms with Gasteiger partial charge in [-0.15, -0.1) is 0 Å². The minimum absolute atomic E-state index is 0.0906. The molecule has 8 nitrogen and oxygen atoms in total. The van der Waals surface area contributed by atoms with E-state index in [0.717, 1.165) is 5.69 Å². The maximum atomic E-state index is 13.1. The van der Waals surface area contributed by atoms with E-state index in [1.165, 1.54) is 22.0 Å². The van der Waals surface area contributed by atoms with E-state index in [1.807, 2.05) is 24.3 Å². The van der Waals surface area contributed by atoms with Crippen LogP contribution in [0.4, 0.5) is 11.4 Å². The van der Waals surface area contributed by atoms with Crippen molar-refractivity contribution in [3.8, 4) is 5.75 Å². The van der Waals surface area contributed by atoms with Crippen molar-refractivity contribution >= 4 is 33.2 Å². The van der Waals surface area contributed by atoms with E-state index < -0.39 is 16.1 Å². The normalized spacial score (nSPS) is 19.5. The van der Waals surface area contributed by atoms with Crippen molar-refractivity contribution in [2.24, 2.45) is 5.92 Å². The van der Waals surface area contributed by atoms with E-state index in [4.69, 9.17) is 4.74 Å². The van der Waals surface area contributed by atoms with Crippen LogP contribution in [0.25, 0.3) is 0 Å². The van der Waals surface area contributed by atoms with Crippen LogP contribution in [0.1, 0.15) is 45.1 Å². The molecule has 0 unspecified atom stereocenters. The van der Waals surface area contributed by atoms with Crippen molar-refractivity contribution in [1.82, 2.24) is 4.31 Å². The van der Waals surface area contributed by atoms with Crippen LogP contribution >= 0.6 is 0 Å². The lowest BCUT2D eigenvalue weighted by Crippen LogP contribution is -2.41. The van der Waals surface area contributed by atoms with Crippen molar-refractivity contribution in [2.45, 2.75) is 50.5 Å². The summed E-state index contributed by atoms with van der Waals surface area (Å²) >= 11 is 0. The van der Waals surface area contributed by atoms with Crippen molar-refractivity contribution in [2.75, 3.05) is 23.7 Å². The number of piperidine rings is 1. The van der Waals surface area contributed by atoms with Crippen LogP contribution in [0, 0.1) is 5.92 Å². The van der Waals surface area contributed by atoms with Crippen LogP contribution in [0.5, 0.6) is 5.75 Å². The molecule has 9 heteroatoms. The Balaban J connectivity index is 1.38. The van der Waals surface area contributed by atoms with Crippen LogP contribution in [-0.4, -0.2) is 43.7 Å². The average molecular weight is 472 g/mol. The van der Waals surface area contributed by atoms with Crippen LogP contribution in [0.2, 0.25) is 0 Å². The highest BCUT2D eigenvalue weighted by Gasteiger charge is 2.33. The lowest BCUT2D eigenvalue weighted by Gasteiger charge is -2.31. The average Bonchev–Trinajstić information content (AvgIpc) is 2.80. The van der Waals surface area contributed by atoms with Gasteiger partial charge in [-0.2, -0.15) is 4.31 Å². The number of carbonyl (C=O) groups is 2. The molecule has 2 aromatic carbocycles. The smallest absolute Gasteiger partial charge is 0.265 e. The van der Waals surface area contributed by atoms with Gasteiger partial charge in [-0.05, 0) is 61.6 Å². The van der Waals surface area contributed by atoms with Crippen molar-refractivity contribution in [3.63, 3.8) is 0 Å². The summed E-state index contributed by atoms with van der Waals surface area (Å²) in [5.41, 5.74) is 2.29. The summed E-state index contributed by atoms with van der Waals surface area (Å²) in [7, 11) is -3.75. The molecule has 2 N–H and O–H groups in total. The number of benzene rings is 2. The Kier molecular flexibility index (Phi) is 6.45. The van der Waals surface area contributed by atoms with Crippen LogP contribution in [0.15, 0.2) is 47.4 Å². The third-order valence-electron chi connectivity index (χ3n) is 6.19. The first-order valence-electron chi connectivity index (χ1n) is 11.2. The van der Waals surface area contributed by atoms with Gasteiger partial charge in [0, 0.05) is 24.7 Å². The molecule has 4 rings (SSSR count). The number of hydrogen-bond acceptors (Lipinski definition) is 5. The van der Waals surface area contributed by atoms with E-state index in [2.05, 4.69) is 24.5 Å². The summed E-state index contributed by atoms with van der Waals surface area (Å²) in [5, 5.41) is 5.62. The number of ether oxygens (including phenoxy) is 1. The molecule has 33 heavy (non-hydrogen) atoms. The van der Waals surface area contributed by atoms with Gasteiger partial charge in [-0.25, -0.2) is 8.42 Å². The molecule has 2 aromatic rings. The first kappa shape index (κ1) is 23.3. The first-order chi connectivity index (χ1) is 15.6. The summed E-state index contributed by atoms with van der Waals surface area (Å²) < 4.78 is 33.2. The van der Waals surface area contributed by atoms with Gasteiger partial charge in [0.2, 0.25) is 15.9 Å². The molecule has 0 aromatic heterocycles. The van der Waals surface area contributed by atoms with Gasteiger partial charge in [-0.1, -0.05) is 26.0 Å². The fraction of sp³-hybridized carbons (Fsp3) is 0.417. The molecule has 176 valence electrons. The standard InChI is InChI=1S/C24H29N3O5S/c1-15(2)17-4-6-19(7-5-17)25-24(29)18-10-12-27(13-11-18)33(30,31)20-8-9-22-21(14-20)26-23(28)16(3)32-22/h4-9,14-16,18H,10-13H2,1-3H3,(H,25,29)(H,26,28)/t16-/m1/s1. The maximum Gasteiger partial charge on any atom is 0.265 e. The molecule has 2 aliphatic rings. The molecule has 0 bridgehead atoms. The third-order valence-corrected chi connectivity index (χ3v) is 8.08. The summed E-state index contributed by atoms with van der Waals surface area (Å²) in [4.78, 5) is 24.7. The molecule has 1 saturated heterocycles. The van der Waals surface area contributed by atoms with Crippen LogP contribution in [-0.2, 0) is 19.6 Å². The fourth-order valence-electron chi connectivity index (χ4n) is 4.05. The van der Waals surface area contributed by atoms with Crippen molar-refractivity contribution in [1.29, 1.82) is 0 Å². The number of amides is 2. The predicted molar refractivity (Wildman–Crippen MR) is 126 cm³/mol. The molecule has 1 atom stereocenters. The van der Waals surface area contributed by atoms with Gasteiger partial charge in [0.1, 0.15) is 5.75 Å². The zero-order chi connectivity index (χ0) is 23.8. The molecule has 0 spiro atoms. The molecule has 2 amide bonds. The number of anilines is 2. The number of nitrogens with one attached hydrogen (secondary N) is 2. The Morgan fingerprint density at radius 1 is 1.12 bits per heavy atom. The molecule has 2 aliphatic heterocycles. The number of sulfonamides is 1. The van der Waals surface area contributed by atoms with Gasteiger partial charge in [0.25, 0.3) is 5.91 Å². The van der Waals surface area contributed by atoms with Crippen molar-refractivity contribution < 1.29 is 22.7 Å². The second-order valence-corrected chi connectivity index (χ2v) is 10.8. The van der Waals surface area contributed by atoms with Gasteiger partial charge in [0.15, 0.2) is 6.10 Å². The zero-order valence-electron chi connectivity index (χ0n) is 19.0. The van der Waals surface area contributed by atoms with E-state index in [-0.39, 0.29) is 35.7 Å². The Morgan fingerprint density at radius 2 is 1.79 bits per heavy atom. The van der Waals surface area contributed by atoms with Gasteiger partial charge < -0.3 is 15.4 Å². The second-order valence-electron chi connectivity index (χ2n) is 8.85.